The van der Waals surface area contributed by atoms with E-state index in [1.165, 1.54) is 17.5 Å². The Morgan fingerprint density at radius 2 is 1.81 bits per heavy atom. The number of benzene rings is 1. The Morgan fingerprint density at radius 3 is 2.48 bits per heavy atom. The Bertz CT molecular complexity index is 858. The van der Waals surface area contributed by atoms with Gasteiger partial charge < -0.3 is 16.2 Å². The summed E-state index contributed by atoms with van der Waals surface area (Å²) in [5, 5.41) is 12.2. The predicted molar refractivity (Wildman–Crippen MR) is 109 cm³/mol. The standard InChI is InChI=1S/C22H29N3O2/c1-21(2)10-11-22(3,4)16-12-14(8-9-15(16)21)17-6-5-7-19(24-17)25-20(27)18(26)13-23/h5-9,12,18,26H,10-11,13,23H2,1-4H3,(H,24,25,27). The summed E-state index contributed by atoms with van der Waals surface area (Å²) >= 11 is 0. The monoisotopic (exact) mass is 367 g/mol. The van der Waals surface area contributed by atoms with Crippen LogP contribution >= 0.6 is 0 Å². The van der Waals surface area contributed by atoms with E-state index in [1.54, 1.807) is 6.07 Å². The van der Waals surface area contributed by atoms with Crippen molar-refractivity contribution in [3.05, 3.63) is 47.5 Å². The zero-order valence-electron chi connectivity index (χ0n) is 16.5. The van der Waals surface area contributed by atoms with Crippen LogP contribution in [0.15, 0.2) is 36.4 Å². The number of fused-ring (bicyclic) bond motifs is 1. The van der Waals surface area contributed by atoms with Crippen molar-refractivity contribution in [1.29, 1.82) is 0 Å². The summed E-state index contributed by atoms with van der Waals surface area (Å²) in [6.07, 6.45) is 1.09. The van der Waals surface area contributed by atoms with E-state index in [2.05, 4.69) is 56.2 Å². The van der Waals surface area contributed by atoms with Crippen LogP contribution in [-0.4, -0.2) is 28.6 Å². The largest absolute Gasteiger partial charge is 0.382 e. The first-order valence-corrected chi connectivity index (χ1v) is 9.45. The van der Waals surface area contributed by atoms with Gasteiger partial charge in [-0.3, -0.25) is 4.79 Å². The van der Waals surface area contributed by atoms with Gasteiger partial charge in [0.25, 0.3) is 5.91 Å². The average Bonchev–Trinajstić information content (AvgIpc) is 2.65. The second kappa shape index (κ2) is 7.06. The minimum atomic E-state index is -1.23. The van der Waals surface area contributed by atoms with Gasteiger partial charge in [0.05, 0.1) is 5.69 Å². The number of pyridine rings is 1. The van der Waals surface area contributed by atoms with Crippen molar-refractivity contribution in [2.24, 2.45) is 5.73 Å². The number of nitrogens with two attached hydrogens (primary N) is 1. The van der Waals surface area contributed by atoms with Gasteiger partial charge in [-0.1, -0.05) is 45.9 Å². The number of nitrogens with zero attached hydrogens (tertiary/aromatic N) is 1. The number of hydrogen-bond donors (Lipinski definition) is 3. The number of nitrogens with one attached hydrogen (secondary N) is 1. The van der Waals surface area contributed by atoms with Crippen molar-refractivity contribution in [2.45, 2.75) is 57.5 Å². The van der Waals surface area contributed by atoms with Crippen LogP contribution in [0.3, 0.4) is 0 Å². The summed E-state index contributed by atoms with van der Waals surface area (Å²) in [6.45, 7) is 9.07. The molecule has 1 aromatic carbocycles. The zero-order chi connectivity index (χ0) is 19.8. The molecule has 0 aliphatic heterocycles. The second-order valence-electron chi connectivity index (χ2n) is 8.68. The van der Waals surface area contributed by atoms with Crippen LogP contribution in [0, 0.1) is 0 Å². The van der Waals surface area contributed by atoms with E-state index >= 15 is 0 Å². The number of rotatable bonds is 4. The lowest BCUT2D eigenvalue weighted by molar-refractivity contribution is -0.123. The number of aliphatic hydroxyl groups is 1. The number of aromatic nitrogens is 1. The summed E-state index contributed by atoms with van der Waals surface area (Å²) < 4.78 is 0. The molecule has 1 aromatic heterocycles. The van der Waals surface area contributed by atoms with E-state index < -0.39 is 12.0 Å². The topological polar surface area (TPSA) is 88.2 Å². The van der Waals surface area contributed by atoms with Crippen molar-refractivity contribution in [3.63, 3.8) is 0 Å². The number of hydrogen-bond acceptors (Lipinski definition) is 4. The van der Waals surface area contributed by atoms with Crippen molar-refractivity contribution in [2.75, 3.05) is 11.9 Å². The highest BCUT2D eigenvalue weighted by atomic mass is 16.3. The third kappa shape index (κ3) is 3.89. The number of carbonyl (C=O) groups is 1. The van der Waals surface area contributed by atoms with Crippen LogP contribution in [0.1, 0.15) is 51.7 Å². The maximum atomic E-state index is 11.9. The van der Waals surface area contributed by atoms with Gasteiger partial charge in [-0.25, -0.2) is 4.98 Å². The molecule has 1 heterocycles. The molecular weight excluding hydrogens is 338 g/mol. The first kappa shape index (κ1) is 19.5. The van der Waals surface area contributed by atoms with Gasteiger partial charge >= 0.3 is 0 Å². The van der Waals surface area contributed by atoms with Crippen molar-refractivity contribution < 1.29 is 9.90 Å². The third-order valence-electron chi connectivity index (χ3n) is 5.67. The molecule has 0 bridgehead atoms. The minimum Gasteiger partial charge on any atom is -0.382 e. The molecule has 1 amide bonds. The van der Waals surface area contributed by atoms with Gasteiger partial charge in [0.1, 0.15) is 11.9 Å². The van der Waals surface area contributed by atoms with Crippen LogP contribution in [0.2, 0.25) is 0 Å². The zero-order valence-corrected chi connectivity index (χ0v) is 16.5. The minimum absolute atomic E-state index is 0.123. The van der Waals surface area contributed by atoms with Crippen LogP contribution < -0.4 is 11.1 Å². The molecule has 0 radical (unpaired) electrons. The van der Waals surface area contributed by atoms with Gasteiger partial charge in [-0.05, 0) is 53.0 Å². The van der Waals surface area contributed by atoms with Gasteiger partial charge in [-0.15, -0.1) is 0 Å². The lowest BCUT2D eigenvalue weighted by Crippen LogP contribution is -2.34. The van der Waals surface area contributed by atoms with Gasteiger partial charge in [0.2, 0.25) is 0 Å². The molecule has 2 aromatic rings. The van der Waals surface area contributed by atoms with E-state index in [4.69, 9.17) is 5.73 Å². The van der Waals surface area contributed by atoms with E-state index in [1.807, 2.05) is 12.1 Å². The second-order valence-corrected chi connectivity index (χ2v) is 8.68. The molecule has 144 valence electrons. The normalized spacial score (nSPS) is 18.4. The summed E-state index contributed by atoms with van der Waals surface area (Å²) in [5.74, 6) is -0.141. The van der Waals surface area contributed by atoms with Crippen LogP contribution in [0.5, 0.6) is 0 Å². The molecule has 0 fully saturated rings. The highest BCUT2D eigenvalue weighted by Gasteiger charge is 2.37. The number of aliphatic hydroxyl groups excluding tert-OH is 1. The molecule has 3 rings (SSSR count). The molecule has 1 unspecified atom stereocenters. The van der Waals surface area contributed by atoms with Crippen molar-refractivity contribution in [1.82, 2.24) is 4.98 Å². The lowest BCUT2D eigenvalue weighted by Gasteiger charge is -2.42. The molecular formula is C22H29N3O2. The van der Waals surface area contributed by atoms with Gasteiger partial charge in [0, 0.05) is 12.1 Å². The molecule has 4 N–H and O–H groups in total. The fourth-order valence-corrected chi connectivity index (χ4v) is 3.73. The van der Waals surface area contributed by atoms with E-state index in [-0.39, 0.29) is 17.4 Å². The summed E-state index contributed by atoms with van der Waals surface area (Å²) in [4.78, 5) is 16.4. The first-order valence-electron chi connectivity index (χ1n) is 9.45. The van der Waals surface area contributed by atoms with Crippen LogP contribution in [0.25, 0.3) is 11.3 Å². The van der Waals surface area contributed by atoms with Crippen LogP contribution in [-0.2, 0) is 15.6 Å². The SMILES string of the molecule is CC1(C)CCC(C)(C)c2cc(-c3cccc(NC(=O)C(O)CN)n3)ccc21. The molecule has 0 saturated heterocycles. The predicted octanol–water partition coefficient (Wildman–Crippen LogP) is 3.36. The Balaban J connectivity index is 1.96. The summed E-state index contributed by atoms with van der Waals surface area (Å²) in [5.41, 5.74) is 10.2. The third-order valence-corrected chi connectivity index (χ3v) is 5.67. The smallest absolute Gasteiger partial charge is 0.255 e. The maximum Gasteiger partial charge on any atom is 0.255 e. The fraction of sp³-hybridized carbons (Fsp3) is 0.455. The van der Waals surface area contributed by atoms with E-state index in [0.717, 1.165) is 17.7 Å². The number of amides is 1. The van der Waals surface area contributed by atoms with Gasteiger partial charge in [0.15, 0.2) is 0 Å². The average molecular weight is 367 g/mol. The number of carbonyl (C=O) groups excluding carboxylic acids is 1. The molecule has 5 heteroatoms. The first-order chi connectivity index (χ1) is 12.6. The van der Waals surface area contributed by atoms with Crippen molar-refractivity contribution in [3.8, 4) is 11.3 Å². The highest BCUT2D eigenvalue weighted by molar-refractivity contribution is 5.93. The molecule has 0 spiro atoms. The molecule has 1 aliphatic rings. The number of anilines is 1. The Labute approximate surface area is 161 Å². The quantitative estimate of drug-likeness (QED) is 0.773. The Hall–Kier alpha value is -2.24. The maximum absolute atomic E-state index is 11.9. The summed E-state index contributed by atoms with van der Waals surface area (Å²) in [6, 6.07) is 12.0. The van der Waals surface area contributed by atoms with E-state index in [9.17, 15) is 9.90 Å². The Kier molecular flexibility index (Phi) is 5.10. The van der Waals surface area contributed by atoms with E-state index in [0.29, 0.717) is 5.82 Å². The van der Waals surface area contributed by atoms with Crippen molar-refractivity contribution >= 4 is 11.7 Å². The lowest BCUT2D eigenvalue weighted by atomic mass is 9.63. The molecule has 27 heavy (non-hydrogen) atoms. The Morgan fingerprint density at radius 1 is 1.15 bits per heavy atom. The molecule has 1 aliphatic carbocycles. The highest BCUT2D eigenvalue weighted by Crippen LogP contribution is 2.46. The van der Waals surface area contributed by atoms with Gasteiger partial charge in [-0.2, -0.15) is 0 Å². The molecule has 5 nitrogen and oxygen atoms in total. The molecule has 0 saturated carbocycles. The van der Waals surface area contributed by atoms with Crippen LogP contribution in [0.4, 0.5) is 5.82 Å². The summed E-state index contributed by atoms with van der Waals surface area (Å²) in [7, 11) is 0. The molecule has 1 atom stereocenters. The fourth-order valence-electron chi connectivity index (χ4n) is 3.73.